The van der Waals surface area contributed by atoms with Crippen molar-refractivity contribution < 1.29 is 0 Å². The van der Waals surface area contributed by atoms with Crippen molar-refractivity contribution in [2.24, 2.45) is 0 Å². The third-order valence-corrected chi connectivity index (χ3v) is 2.18. The maximum atomic E-state index is 5.80. The highest BCUT2D eigenvalue weighted by atomic mass is 14.6. The van der Waals surface area contributed by atoms with Crippen LogP contribution >= 0.6 is 0 Å². The molecule has 8 N–H and O–H groups in total. The molecular weight excluding hydrogens is 176 g/mol. The molecule has 4 nitrogen and oxygen atoms in total. The third-order valence-electron chi connectivity index (χ3n) is 2.18. The average molecular weight is 188 g/mol. The van der Waals surface area contributed by atoms with Crippen LogP contribution in [0.15, 0.2) is 24.3 Å². The van der Waals surface area contributed by atoms with Gasteiger partial charge in [-0.1, -0.05) is 0 Å². The van der Waals surface area contributed by atoms with Crippen LogP contribution in [0, 0.1) is 0 Å². The molecule has 0 fully saturated rings. The lowest BCUT2D eigenvalue weighted by molar-refractivity contribution is 1.68. The molecule has 0 aliphatic carbocycles. The largest absolute Gasteiger partial charge is 0.399 e. The SMILES string of the molecule is Nc1cc(N)c2cc(N)cc(N)c2c1. The molecule has 2 rings (SSSR count). The van der Waals surface area contributed by atoms with Gasteiger partial charge in [0.1, 0.15) is 0 Å². The van der Waals surface area contributed by atoms with Crippen LogP contribution in [0.5, 0.6) is 0 Å². The smallest absolute Gasteiger partial charge is 0.0415 e. The third kappa shape index (κ3) is 1.17. The number of benzene rings is 2. The molecule has 0 bridgehead atoms. The Morgan fingerprint density at radius 3 is 1.29 bits per heavy atom. The summed E-state index contributed by atoms with van der Waals surface area (Å²) in [6.07, 6.45) is 0. The average Bonchev–Trinajstić information content (AvgIpc) is 2.07. The van der Waals surface area contributed by atoms with Gasteiger partial charge in [0, 0.05) is 33.5 Å². The number of nitrogens with two attached hydrogens (primary N) is 4. The van der Waals surface area contributed by atoms with E-state index in [0.717, 1.165) is 10.8 Å². The van der Waals surface area contributed by atoms with Crippen LogP contribution in [0.25, 0.3) is 10.8 Å². The molecule has 0 saturated carbocycles. The van der Waals surface area contributed by atoms with Gasteiger partial charge in [0.15, 0.2) is 0 Å². The normalized spacial score (nSPS) is 10.6. The number of fused-ring (bicyclic) bond motifs is 1. The molecule has 4 heteroatoms. The van der Waals surface area contributed by atoms with Gasteiger partial charge in [-0.2, -0.15) is 0 Å². The predicted octanol–water partition coefficient (Wildman–Crippen LogP) is 1.17. The highest BCUT2D eigenvalue weighted by Gasteiger charge is 2.04. The van der Waals surface area contributed by atoms with Crippen molar-refractivity contribution in [2.45, 2.75) is 0 Å². The molecule has 72 valence electrons. The van der Waals surface area contributed by atoms with Crippen LogP contribution in [-0.2, 0) is 0 Å². The molecule has 0 amide bonds. The molecule has 0 aliphatic rings. The molecule has 14 heavy (non-hydrogen) atoms. The highest BCUT2D eigenvalue weighted by molar-refractivity contribution is 6.03. The van der Waals surface area contributed by atoms with E-state index in [-0.39, 0.29) is 0 Å². The molecular formula is C10H12N4. The Labute approximate surface area is 81.5 Å². The summed E-state index contributed by atoms with van der Waals surface area (Å²) in [6.45, 7) is 0. The number of rotatable bonds is 0. The molecule has 0 spiro atoms. The van der Waals surface area contributed by atoms with Crippen molar-refractivity contribution in [3.8, 4) is 0 Å². The Bertz CT molecular complexity index is 458. The van der Waals surface area contributed by atoms with Crippen molar-refractivity contribution in [1.29, 1.82) is 0 Å². The van der Waals surface area contributed by atoms with Crippen LogP contribution in [0.3, 0.4) is 0 Å². The summed E-state index contributed by atoms with van der Waals surface area (Å²) in [6, 6.07) is 6.98. The quantitative estimate of drug-likeness (QED) is 0.466. The van der Waals surface area contributed by atoms with Crippen molar-refractivity contribution in [2.75, 3.05) is 22.9 Å². The van der Waals surface area contributed by atoms with E-state index in [1.807, 2.05) is 0 Å². The van der Waals surface area contributed by atoms with Crippen LogP contribution < -0.4 is 22.9 Å². The summed E-state index contributed by atoms with van der Waals surface area (Å²) in [5.41, 5.74) is 25.3. The summed E-state index contributed by atoms with van der Waals surface area (Å²) >= 11 is 0. The minimum absolute atomic E-state index is 0.596. The molecule has 0 atom stereocenters. The van der Waals surface area contributed by atoms with Gasteiger partial charge in [-0.25, -0.2) is 0 Å². The van der Waals surface area contributed by atoms with Gasteiger partial charge in [-0.05, 0) is 24.3 Å². The molecule has 2 aromatic carbocycles. The van der Waals surface area contributed by atoms with E-state index in [9.17, 15) is 0 Å². The Hall–Kier alpha value is -2.10. The molecule has 0 saturated heterocycles. The summed E-state index contributed by atoms with van der Waals surface area (Å²) < 4.78 is 0. The Balaban J connectivity index is 2.94. The van der Waals surface area contributed by atoms with Gasteiger partial charge in [-0.15, -0.1) is 0 Å². The second-order valence-electron chi connectivity index (χ2n) is 3.32. The van der Waals surface area contributed by atoms with Crippen molar-refractivity contribution in [1.82, 2.24) is 0 Å². The lowest BCUT2D eigenvalue weighted by Crippen LogP contribution is -1.96. The van der Waals surface area contributed by atoms with Crippen LogP contribution in [0.1, 0.15) is 0 Å². The highest BCUT2D eigenvalue weighted by Crippen LogP contribution is 2.30. The molecule has 0 radical (unpaired) electrons. The van der Waals surface area contributed by atoms with E-state index in [2.05, 4.69) is 0 Å². The van der Waals surface area contributed by atoms with E-state index in [0.29, 0.717) is 22.7 Å². The van der Waals surface area contributed by atoms with Gasteiger partial charge in [0.25, 0.3) is 0 Å². The van der Waals surface area contributed by atoms with E-state index in [4.69, 9.17) is 22.9 Å². The van der Waals surface area contributed by atoms with E-state index in [1.165, 1.54) is 0 Å². The Morgan fingerprint density at radius 2 is 0.929 bits per heavy atom. The Kier molecular flexibility index (Phi) is 1.64. The second-order valence-corrected chi connectivity index (χ2v) is 3.32. The van der Waals surface area contributed by atoms with Gasteiger partial charge >= 0.3 is 0 Å². The topological polar surface area (TPSA) is 104 Å². The molecule has 2 aromatic rings. The maximum absolute atomic E-state index is 5.80. The summed E-state index contributed by atoms with van der Waals surface area (Å²) in [4.78, 5) is 0. The van der Waals surface area contributed by atoms with Gasteiger partial charge in [0.05, 0.1) is 0 Å². The summed E-state index contributed by atoms with van der Waals surface area (Å²) in [5, 5.41) is 1.69. The van der Waals surface area contributed by atoms with Crippen LogP contribution in [0.2, 0.25) is 0 Å². The summed E-state index contributed by atoms with van der Waals surface area (Å²) in [7, 11) is 0. The zero-order valence-corrected chi connectivity index (χ0v) is 7.62. The Morgan fingerprint density at radius 1 is 0.571 bits per heavy atom. The second kappa shape index (κ2) is 2.70. The fourth-order valence-electron chi connectivity index (χ4n) is 1.56. The van der Waals surface area contributed by atoms with Gasteiger partial charge in [-0.3, -0.25) is 0 Å². The number of anilines is 4. The minimum Gasteiger partial charge on any atom is -0.399 e. The zero-order chi connectivity index (χ0) is 10.3. The van der Waals surface area contributed by atoms with E-state index in [1.54, 1.807) is 24.3 Å². The maximum Gasteiger partial charge on any atom is 0.0415 e. The summed E-state index contributed by atoms with van der Waals surface area (Å²) in [5.74, 6) is 0. The number of hydrogen-bond acceptors (Lipinski definition) is 4. The van der Waals surface area contributed by atoms with E-state index < -0.39 is 0 Å². The lowest BCUT2D eigenvalue weighted by Gasteiger charge is -2.07. The first-order chi connectivity index (χ1) is 6.58. The predicted molar refractivity (Wildman–Crippen MR) is 61.6 cm³/mol. The standard InChI is InChI=1S/C10H12N4/c11-5-1-7-8(10(14)3-5)2-6(12)4-9(7)13/h1-4H,11-14H2. The van der Waals surface area contributed by atoms with Crippen LogP contribution in [0.4, 0.5) is 22.7 Å². The number of hydrogen-bond donors (Lipinski definition) is 4. The molecule has 0 unspecified atom stereocenters. The fraction of sp³-hybridized carbons (Fsp3) is 0. The molecule has 0 heterocycles. The fourth-order valence-corrected chi connectivity index (χ4v) is 1.56. The first-order valence-corrected chi connectivity index (χ1v) is 4.21. The first-order valence-electron chi connectivity index (χ1n) is 4.21. The monoisotopic (exact) mass is 188 g/mol. The van der Waals surface area contributed by atoms with Crippen molar-refractivity contribution in [3.05, 3.63) is 24.3 Å². The van der Waals surface area contributed by atoms with Crippen LogP contribution in [-0.4, -0.2) is 0 Å². The lowest BCUT2D eigenvalue weighted by atomic mass is 10.1. The van der Waals surface area contributed by atoms with Gasteiger partial charge in [0.2, 0.25) is 0 Å². The molecule has 0 aromatic heterocycles. The van der Waals surface area contributed by atoms with Crippen molar-refractivity contribution in [3.63, 3.8) is 0 Å². The first kappa shape index (κ1) is 8.50. The van der Waals surface area contributed by atoms with Crippen molar-refractivity contribution >= 4 is 33.5 Å². The number of nitrogen functional groups attached to an aromatic ring is 4. The van der Waals surface area contributed by atoms with E-state index >= 15 is 0 Å². The van der Waals surface area contributed by atoms with Gasteiger partial charge < -0.3 is 22.9 Å². The molecule has 0 aliphatic heterocycles. The zero-order valence-electron chi connectivity index (χ0n) is 7.62. The minimum atomic E-state index is 0.596.